The van der Waals surface area contributed by atoms with Crippen molar-refractivity contribution in [1.29, 1.82) is 0 Å². The maximum Gasteiger partial charge on any atom is 0.166 e. The van der Waals surface area contributed by atoms with Gasteiger partial charge in [0.2, 0.25) is 0 Å². The first-order valence-corrected chi connectivity index (χ1v) is 8.76. The first-order valence-electron chi connectivity index (χ1n) is 8.35. The van der Waals surface area contributed by atoms with Crippen LogP contribution in [0.25, 0.3) is 0 Å². The zero-order chi connectivity index (χ0) is 16.8. The van der Waals surface area contributed by atoms with Crippen LogP contribution in [0.1, 0.15) is 17.5 Å². The van der Waals surface area contributed by atoms with Crippen molar-refractivity contribution in [2.45, 2.75) is 25.6 Å². The highest BCUT2D eigenvalue weighted by Crippen LogP contribution is 2.02. The molecule has 2 aromatic carbocycles. The van der Waals surface area contributed by atoms with E-state index in [1.165, 1.54) is 17.7 Å². The number of hydrogen-bond acceptors (Lipinski definition) is 1. The molecule has 0 saturated carbocycles. The Morgan fingerprint density at radius 2 is 1.83 bits per heavy atom. The van der Waals surface area contributed by atoms with Crippen LogP contribution in [0.2, 0.25) is 0 Å². The molecule has 3 nitrogen and oxygen atoms in total. The molecule has 1 heterocycles. The van der Waals surface area contributed by atoms with Crippen LogP contribution in [0.4, 0.5) is 4.39 Å². The molecule has 0 spiro atoms. The van der Waals surface area contributed by atoms with Gasteiger partial charge < -0.3 is 15.5 Å². The predicted molar refractivity (Wildman–Crippen MR) is 98.2 cm³/mol. The quantitative estimate of drug-likeness (QED) is 0.721. The third kappa shape index (κ3) is 5.01. The van der Waals surface area contributed by atoms with E-state index >= 15 is 0 Å². The largest absolute Gasteiger partial charge is 0.359 e. The Bertz CT molecular complexity index is 660. The monoisotopic (exact) mass is 344 g/mol. The summed E-state index contributed by atoms with van der Waals surface area (Å²) < 4.78 is 12.9. The molecule has 1 saturated heterocycles. The molecule has 2 atom stereocenters. The maximum absolute atomic E-state index is 12.9. The van der Waals surface area contributed by atoms with Crippen LogP contribution in [0, 0.1) is 5.82 Å². The van der Waals surface area contributed by atoms with E-state index in [2.05, 4.69) is 41.0 Å². The summed E-state index contributed by atoms with van der Waals surface area (Å²) in [6, 6.07) is 17.5. The van der Waals surface area contributed by atoms with Gasteiger partial charge in [-0.25, -0.2) is 4.39 Å². The molecule has 2 aromatic rings. The van der Waals surface area contributed by atoms with Gasteiger partial charge in [0.25, 0.3) is 0 Å². The molecule has 5 heteroatoms. The Balaban J connectivity index is 1.40. The third-order valence-electron chi connectivity index (χ3n) is 4.38. The number of thiocarbonyl (C=S) groups is 1. The van der Waals surface area contributed by atoms with E-state index < -0.39 is 0 Å². The fraction of sp³-hybridized carbons (Fsp3) is 0.316. The lowest BCUT2D eigenvalue weighted by atomic mass is 10.2. The SMILES string of the molecule is Fc1ccc(CNC(=S)N[C@H]2CC[NH+](Cc3ccccc3)C2)cc1. The number of benzene rings is 2. The zero-order valence-electron chi connectivity index (χ0n) is 13.6. The normalized spacial score (nSPS) is 19.9. The summed E-state index contributed by atoms with van der Waals surface area (Å²) in [6.07, 6.45) is 1.13. The lowest BCUT2D eigenvalue weighted by Crippen LogP contribution is -3.09. The van der Waals surface area contributed by atoms with Crippen molar-refractivity contribution in [3.63, 3.8) is 0 Å². The van der Waals surface area contributed by atoms with Gasteiger partial charge in [-0.05, 0) is 29.9 Å². The molecular weight excluding hydrogens is 321 g/mol. The van der Waals surface area contributed by atoms with Gasteiger partial charge >= 0.3 is 0 Å². The van der Waals surface area contributed by atoms with Crippen LogP contribution in [0.5, 0.6) is 0 Å². The van der Waals surface area contributed by atoms with Gasteiger partial charge in [-0.1, -0.05) is 42.5 Å². The second kappa shape index (κ2) is 8.22. The van der Waals surface area contributed by atoms with Crippen LogP contribution in [0.15, 0.2) is 54.6 Å². The van der Waals surface area contributed by atoms with E-state index in [0.29, 0.717) is 17.7 Å². The number of hydrogen-bond donors (Lipinski definition) is 3. The van der Waals surface area contributed by atoms with Crippen molar-refractivity contribution in [1.82, 2.24) is 10.6 Å². The molecule has 0 aliphatic carbocycles. The minimum atomic E-state index is -0.216. The fourth-order valence-electron chi connectivity index (χ4n) is 3.12. The standard InChI is InChI=1S/C19H22FN3S/c20-17-8-6-15(7-9-17)12-21-19(24)22-18-10-11-23(14-18)13-16-4-2-1-3-5-16/h1-9,18H,10-14H2,(H2,21,22,24)/p+1/t18-/m0/s1. The molecule has 3 rings (SSSR count). The third-order valence-corrected chi connectivity index (χ3v) is 4.64. The van der Waals surface area contributed by atoms with Gasteiger partial charge in [0, 0.05) is 18.5 Å². The average Bonchev–Trinajstić information content (AvgIpc) is 3.02. The smallest absolute Gasteiger partial charge is 0.166 e. The highest BCUT2D eigenvalue weighted by atomic mass is 32.1. The summed E-state index contributed by atoms with van der Waals surface area (Å²) in [6.45, 7) is 3.91. The molecule has 0 radical (unpaired) electrons. The molecule has 3 N–H and O–H groups in total. The highest BCUT2D eigenvalue weighted by Gasteiger charge is 2.26. The van der Waals surface area contributed by atoms with E-state index in [9.17, 15) is 4.39 Å². The Labute approximate surface area is 147 Å². The first-order chi connectivity index (χ1) is 11.7. The summed E-state index contributed by atoms with van der Waals surface area (Å²) in [5.41, 5.74) is 2.40. The molecule has 126 valence electrons. The van der Waals surface area contributed by atoms with Crippen LogP contribution in [-0.4, -0.2) is 24.2 Å². The van der Waals surface area contributed by atoms with Crippen molar-refractivity contribution in [3.05, 3.63) is 71.5 Å². The summed E-state index contributed by atoms with van der Waals surface area (Å²) in [4.78, 5) is 1.58. The van der Waals surface area contributed by atoms with E-state index in [4.69, 9.17) is 12.2 Å². The van der Waals surface area contributed by atoms with E-state index in [0.717, 1.165) is 31.6 Å². The lowest BCUT2D eigenvalue weighted by molar-refractivity contribution is -0.901. The van der Waals surface area contributed by atoms with Crippen molar-refractivity contribution < 1.29 is 9.29 Å². The van der Waals surface area contributed by atoms with Crippen LogP contribution < -0.4 is 15.5 Å². The second-order valence-electron chi connectivity index (χ2n) is 6.31. The number of likely N-dealkylation sites (tertiary alicyclic amines) is 1. The predicted octanol–water partition coefficient (Wildman–Crippen LogP) is 1.65. The van der Waals surface area contributed by atoms with Crippen LogP contribution in [0.3, 0.4) is 0 Å². The molecule has 1 aliphatic heterocycles. The number of halogens is 1. The van der Waals surface area contributed by atoms with E-state index in [1.807, 2.05) is 0 Å². The molecule has 0 aromatic heterocycles. The highest BCUT2D eigenvalue weighted by molar-refractivity contribution is 7.80. The van der Waals surface area contributed by atoms with Gasteiger partial charge in [0.1, 0.15) is 12.4 Å². The summed E-state index contributed by atoms with van der Waals surface area (Å²) >= 11 is 5.38. The number of nitrogens with one attached hydrogen (secondary N) is 3. The van der Waals surface area contributed by atoms with Gasteiger partial charge in [-0.3, -0.25) is 0 Å². The Morgan fingerprint density at radius 3 is 2.58 bits per heavy atom. The molecule has 24 heavy (non-hydrogen) atoms. The van der Waals surface area contributed by atoms with Crippen LogP contribution >= 0.6 is 12.2 Å². The fourth-order valence-corrected chi connectivity index (χ4v) is 3.36. The number of quaternary nitrogens is 1. The van der Waals surface area contributed by atoms with Crippen molar-refractivity contribution in [2.75, 3.05) is 13.1 Å². The zero-order valence-corrected chi connectivity index (χ0v) is 14.4. The topological polar surface area (TPSA) is 28.5 Å². The van der Waals surface area contributed by atoms with Crippen LogP contribution in [-0.2, 0) is 13.1 Å². The van der Waals surface area contributed by atoms with Crippen molar-refractivity contribution in [3.8, 4) is 0 Å². The lowest BCUT2D eigenvalue weighted by Gasteiger charge is -2.16. The summed E-state index contributed by atoms with van der Waals surface area (Å²) in [5, 5.41) is 7.27. The minimum absolute atomic E-state index is 0.216. The van der Waals surface area contributed by atoms with Crippen molar-refractivity contribution in [2.24, 2.45) is 0 Å². The molecule has 0 bridgehead atoms. The minimum Gasteiger partial charge on any atom is -0.359 e. The molecule has 1 fully saturated rings. The average molecular weight is 344 g/mol. The van der Waals surface area contributed by atoms with Gasteiger partial charge in [-0.15, -0.1) is 0 Å². The molecule has 1 unspecified atom stereocenters. The molecule has 1 aliphatic rings. The Kier molecular flexibility index (Phi) is 5.77. The maximum atomic E-state index is 12.9. The second-order valence-corrected chi connectivity index (χ2v) is 6.71. The molecule has 0 amide bonds. The molecular formula is C19H23FN3S+. The summed E-state index contributed by atoms with van der Waals surface area (Å²) in [7, 11) is 0. The van der Waals surface area contributed by atoms with Gasteiger partial charge in [0.15, 0.2) is 5.11 Å². The summed E-state index contributed by atoms with van der Waals surface area (Å²) in [5.74, 6) is -0.216. The van der Waals surface area contributed by atoms with E-state index in [1.54, 1.807) is 17.0 Å². The Morgan fingerprint density at radius 1 is 1.08 bits per heavy atom. The Hall–Kier alpha value is -1.98. The van der Waals surface area contributed by atoms with Gasteiger partial charge in [-0.2, -0.15) is 0 Å². The van der Waals surface area contributed by atoms with Crippen molar-refractivity contribution >= 4 is 17.3 Å². The number of rotatable bonds is 5. The first kappa shape index (κ1) is 16.9. The van der Waals surface area contributed by atoms with E-state index in [-0.39, 0.29) is 5.82 Å². The van der Waals surface area contributed by atoms with Gasteiger partial charge in [0.05, 0.1) is 19.1 Å².